The van der Waals surface area contributed by atoms with Crippen LogP contribution in [0, 0.1) is 0 Å². The summed E-state index contributed by atoms with van der Waals surface area (Å²) in [6.45, 7) is 1.73. The van der Waals surface area contributed by atoms with Crippen molar-refractivity contribution < 1.29 is 9.90 Å². The molecular formula is C8H13NO2. The van der Waals surface area contributed by atoms with Gasteiger partial charge in [0.25, 0.3) is 0 Å². The number of carbonyl (C=O) groups excluding carboxylic acids is 1. The van der Waals surface area contributed by atoms with E-state index in [4.69, 9.17) is 5.11 Å². The van der Waals surface area contributed by atoms with E-state index in [9.17, 15) is 4.79 Å². The molecule has 0 aromatic rings. The highest BCUT2D eigenvalue weighted by Crippen LogP contribution is 2.02. The van der Waals surface area contributed by atoms with E-state index < -0.39 is 0 Å². The topological polar surface area (TPSA) is 40.5 Å². The highest BCUT2D eigenvalue weighted by atomic mass is 16.2. The molecule has 1 heterocycles. The van der Waals surface area contributed by atoms with Gasteiger partial charge in [0.15, 0.2) is 0 Å². The van der Waals surface area contributed by atoms with Crippen LogP contribution in [0.3, 0.4) is 0 Å². The van der Waals surface area contributed by atoms with Gasteiger partial charge >= 0.3 is 0 Å². The summed E-state index contributed by atoms with van der Waals surface area (Å²) in [4.78, 5) is 12.7. The molecular weight excluding hydrogens is 142 g/mol. The molecule has 0 aromatic carbocycles. The molecule has 1 aliphatic heterocycles. The van der Waals surface area contributed by atoms with Crippen LogP contribution in [0.15, 0.2) is 12.2 Å². The molecule has 0 saturated carbocycles. The van der Waals surface area contributed by atoms with E-state index in [1.54, 1.807) is 11.0 Å². The molecule has 1 amide bonds. The minimum atomic E-state index is 0.0999. The third-order valence-corrected chi connectivity index (χ3v) is 1.73. The zero-order chi connectivity index (χ0) is 8.10. The molecule has 0 aromatic heterocycles. The zero-order valence-corrected chi connectivity index (χ0v) is 6.49. The third-order valence-electron chi connectivity index (χ3n) is 1.73. The highest BCUT2D eigenvalue weighted by molar-refractivity contribution is 5.89. The predicted octanol–water partition coefficient (Wildman–Crippen LogP) is 0.157. The molecule has 3 nitrogen and oxygen atoms in total. The van der Waals surface area contributed by atoms with Crippen molar-refractivity contribution in [3.63, 3.8) is 0 Å². The minimum Gasteiger partial charge on any atom is -0.396 e. The van der Waals surface area contributed by atoms with Crippen molar-refractivity contribution in [2.75, 3.05) is 19.7 Å². The average Bonchev–Trinajstić information content (AvgIpc) is 2.37. The molecule has 0 unspecified atom stereocenters. The van der Waals surface area contributed by atoms with Crippen molar-refractivity contribution in [2.45, 2.75) is 12.8 Å². The fourth-order valence-corrected chi connectivity index (χ4v) is 1.09. The Morgan fingerprint density at radius 2 is 2.36 bits per heavy atom. The average molecular weight is 155 g/mol. The quantitative estimate of drug-likeness (QED) is 0.587. The van der Waals surface area contributed by atoms with Gasteiger partial charge in [0.1, 0.15) is 0 Å². The first kappa shape index (κ1) is 8.27. The van der Waals surface area contributed by atoms with Crippen molar-refractivity contribution in [2.24, 2.45) is 0 Å². The number of hydrogen-bond acceptors (Lipinski definition) is 2. The van der Waals surface area contributed by atoms with Gasteiger partial charge in [-0.25, -0.2) is 0 Å². The van der Waals surface area contributed by atoms with Crippen LogP contribution in [-0.2, 0) is 4.79 Å². The first-order chi connectivity index (χ1) is 5.34. The number of rotatable bonds is 4. The molecule has 0 aliphatic carbocycles. The lowest BCUT2D eigenvalue weighted by Crippen LogP contribution is -2.26. The Bertz CT molecular complexity index is 165. The monoisotopic (exact) mass is 155 g/mol. The van der Waals surface area contributed by atoms with E-state index in [-0.39, 0.29) is 12.5 Å². The zero-order valence-electron chi connectivity index (χ0n) is 6.49. The Labute approximate surface area is 66.3 Å². The fourth-order valence-electron chi connectivity index (χ4n) is 1.09. The van der Waals surface area contributed by atoms with Crippen LogP contribution < -0.4 is 0 Å². The molecule has 1 N–H and O–H groups in total. The normalized spacial score (nSPS) is 16.5. The summed E-state index contributed by atoms with van der Waals surface area (Å²) in [6.07, 6.45) is 5.13. The number of nitrogens with zero attached hydrogens (tertiary/aromatic N) is 1. The number of unbranched alkanes of at least 4 members (excludes halogenated alkanes) is 1. The summed E-state index contributed by atoms with van der Waals surface area (Å²) >= 11 is 0. The van der Waals surface area contributed by atoms with E-state index in [1.807, 2.05) is 6.08 Å². The molecule has 0 atom stereocenters. The van der Waals surface area contributed by atoms with Gasteiger partial charge in [-0.3, -0.25) is 4.79 Å². The summed E-state index contributed by atoms with van der Waals surface area (Å²) < 4.78 is 0. The van der Waals surface area contributed by atoms with Crippen molar-refractivity contribution in [3.05, 3.63) is 12.2 Å². The van der Waals surface area contributed by atoms with E-state index >= 15 is 0 Å². The van der Waals surface area contributed by atoms with Gasteiger partial charge in [-0.15, -0.1) is 0 Å². The van der Waals surface area contributed by atoms with Crippen LogP contribution in [0.2, 0.25) is 0 Å². The van der Waals surface area contributed by atoms with Crippen LogP contribution >= 0.6 is 0 Å². The summed E-state index contributed by atoms with van der Waals surface area (Å²) in [6, 6.07) is 0. The Morgan fingerprint density at radius 1 is 1.55 bits per heavy atom. The van der Waals surface area contributed by atoms with Crippen LogP contribution in [0.4, 0.5) is 0 Å². The van der Waals surface area contributed by atoms with Crippen LogP contribution in [0.1, 0.15) is 12.8 Å². The Hall–Kier alpha value is -0.830. The van der Waals surface area contributed by atoms with Gasteiger partial charge in [0.2, 0.25) is 5.91 Å². The number of aliphatic hydroxyl groups is 1. The molecule has 0 saturated heterocycles. The molecule has 0 radical (unpaired) electrons. The summed E-state index contributed by atoms with van der Waals surface area (Å²) in [5.74, 6) is 0.0999. The largest absolute Gasteiger partial charge is 0.396 e. The third kappa shape index (κ3) is 2.35. The van der Waals surface area contributed by atoms with Gasteiger partial charge in [-0.1, -0.05) is 6.08 Å². The lowest BCUT2D eigenvalue weighted by atomic mass is 10.3. The van der Waals surface area contributed by atoms with Crippen LogP contribution in [0.25, 0.3) is 0 Å². The predicted molar refractivity (Wildman–Crippen MR) is 42.0 cm³/mol. The second kappa shape index (κ2) is 4.13. The number of amides is 1. The van der Waals surface area contributed by atoms with Crippen molar-refractivity contribution >= 4 is 5.91 Å². The molecule has 0 bridgehead atoms. The fraction of sp³-hybridized carbons (Fsp3) is 0.625. The second-order valence-corrected chi connectivity index (χ2v) is 2.62. The molecule has 62 valence electrons. The van der Waals surface area contributed by atoms with Gasteiger partial charge < -0.3 is 10.0 Å². The summed E-state index contributed by atoms with van der Waals surface area (Å²) in [7, 11) is 0. The number of carbonyl (C=O) groups is 1. The maximum atomic E-state index is 10.9. The number of hydrogen-bond donors (Lipinski definition) is 1. The van der Waals surface area contributed by atoms with Gasteiger partial charge in [-0.05, 0) is 12.8 Å². The second-order valence-electron chi connectivity index (χ2n) is 2.62. The van der Waals surface area contributed by atoms with Crippen molar-refractivity contribution in [3.8, 4) is 0 Å². The minimum absolute atomic E-state index is 0.0999. The first-order valence-electron chi connectivity index (χ1n) is 3.91. The molecule has 1 rings (SSSR count). The smallest absolute Gasteiger partial charge is 0.246 e. The summed E-state index contributed by atoms with van der Waals surface area (Å²) in [5, 5.41) is 8.49. The van der Waals surface area contributed by atoms with E-state index in [1.165, 1.54) is 0 Å². The summed E-state index contributed by atoms with van der Waals surface area (Å²) in [5.41, 5.74) is 0. The SMILES string of the molecule is O=C1C=CCN1CCCCO. The lowest BCUT2D eigenvalue weighted by molar-refractivity contribution is -0.124. The lowest BCUT2D eigenvalue weighted by Gasteiger charge is -2.14. The van der Waals surface area contributed by atoms with E-state index in [2.05, 4.69) is 0 Å². The standard InChI is InChI=1S/C8H13NO2/c10-7-2-1-5-9-6-3-4-8(9)11/h3-4,10H,1-2,5-7H2. The Morgan fingerprint density at radius 3 is 2.91 bits per heavy atom. The molecule has 0 spiro atoms. The first-order valence-corrected chi connectivity index (χ1v) is 3.91. The highest BCUT2D eigenvalue weighted by Gasteiger charge is 2.12. The van der Waals surface area contributed by atoms with Gasteiger partial charge in [0.05, 0.1) is 0 Å². The maximum absolute atomic E-state index is 10.9. The van der Waals surface area contributed by atoms with Gasteiger partial charge in [0, 0.05) is 25.8 Å². The van der Waals surface area contributed by atoms with Crippen LogP contribution in [0.5, 0.6) is 0 Å². The van der Waals surface area contributed by atoms with Crippen molar-refractivity contribution in [1.82, 2.24) is 4.90 Å². The van der Waals surface area contributed by atoms with Crippen molar-refractivity contribution in [1.29, 1.82) is 0 Å². The molecule has 3 heteroatoms. The number of aliphatic hydroxyl groups excluding tert-OH is 1. The van der Waals surface area contributed by atoms with E-state index in [0.717, 1.165) is 25.9 Å². The molecule has 1 aliphatic rings. The molecule has 11 heavy (non-hydrogen) atoms. The van der Waals surface area contributed by atoms with Crippen LogP contribution in [-0.4, -0.2) is 35.6 Å². The maximum Gasteiger partial charge on any atom is 0.246 e. The Balaban J connectivity index is 2.13. The molecule has 0 fully saturated rings. The van der Waals surface area contributed by atoms with E-state index in [0.29, 0.717) is 0 Å². The van der Waals surface area contributed by atoms with Gasteiger partial charge in [-0.2, -0.15) is 0 Å². The Kier molecular flexibility index (Phi) is 3.11.